The number of hydrogen-bond acceptors (Lipinski definition) is 4. The normalized spacial score (nSPS) is 25.2. The molecule has 4 nitrogen and oxygen atoms in total. The number of primary amides is 1. The van der Waals surface area contributed by atoms with E-state index in [4.69, 9.17) is 5.73 Å². The number of amides is 1. The highest BCUT2D eigenvalue weighted by molar-refractivity contribution is 7.99. The third-order valence-electron chi connectivity index (χ3n) is 4.90. The number of nitrogens with one attached hydrogen (secondary N) is 1. The summed E-state index contributed by atoms with van der Waals surface area (Å²) in [5.74, 6) is 2.27. The van der Waals surface area contributed by atoms with Crippen molar-refractivity contribution in [1.82, 2.24) is 10.2 Å². The van der Waals surface area contributed by atoms with Gasteiger partial charge in [0.15, 0.2) is 0 Å². The molecule has 1 atom stereocenters. The van der Waals surface area contributed by atoms with Crippen molar-refractivity contribution >= 4 is 17.7 Å². The molecule has 116 valence electrons. The lowest BCUT2D eigenvalue weighted by Crippen LogP contribution is -2.60. The smallest absolute Gasteiger partial charge is 0.234 e. The van der Waals surface area contributed by atoms with Gasteiger partial charge in [0, 0.05) is 36.7 Å². The fraction of sp³-hybridized carbons (Fsp3) is 0.933. The quantitative estimate of drug-likeness (QED) is 0.782. The van der Waals surface area contributed by atoms with Crippen molar-refractivity contribution in [2.24, 2.45) is 5.73 Å². The van der Waals surface area contributed by atoms with E-state index >= 15 is 0 Å². The zero-order valence-corrected chi connectivity index (χ0v) is 13.5. The Bertz CT molecular complexity index is 312. The van der Waals surface area contributed by atoms with Crippen LogP contribution in [0.5, 0.6) is 0 Å². The van der Waals surface area contributed by atoms with E-state index in [1.807, 2.05) is 6.92 Å². The van der Waals surface area contributed by atoms with Crippen LogP contribution in [-0.4, -0.2) is 53.5 Å². The maximum Gasteiger partial charge on any atom is 0.234 e. The predicted molar refractivity (Wildman–Crippen MR) is 86.0 cm³/mol. The molecule has 0 aromatic rings. The lowest BCUT2D eigenvalue weighted by atomic mass is 9.79. The van der Waals surface area contributed by atoms with Crippen LogP contribution in [0.15, 0.2) is 0 Å². The van der Waals surface area contributed by atoms with Crippen LogP contribution in [0.2, 0.25) is 0 Å². The fourth-order valence-corrected chi connectivity index (χ4v) is 4.51. The molecular weight excluding hydrogens is 270 g/mol. The zero-order valence-electron chi connectivity index (χ0n) is 12.7. The maximum atomic E-state index is 11.4. The number of carbonyl (C=O) groups excluding carboxylic acids is 1. The molecule has 2 fully saturated rings. The Balaban J connectivity index is 2.00. The molecule has 20 heavy (non-hydrogen) atoms. The predicted octanol–water partition coefficient (Wildman–Crippen LogP) is 1.59. The second-order valence-corrected chi connectivity index (χ2v) is 7.35. The SMILES string of the molecule is CC[C@@H](NCC1(N2CCSCC2)CCCCC1)C(N)=O. The van der Waals surface area contributed by atoms with Gasteiger partial charge in [-0.3, -0.25) is 9.69 Å². The molecule has 1 saturated heterocycles. The Labute approximate surface area is 127 Å². The molecule has 0 bridgehead atoms. The average Bonchev–Trinajstić information content (AvgIpc) is 2.49. The molecule has 0 aromatic heterocycles. The minimum Gasteiger partial charge on any atom is -0.368 e. The van der Waals surface area contributed by atoms with Crippen molar-refractivity contribution in [2.45, 2.75) is 57.0 Å². The van der Waals surface area contributed by atoms with Gasteiger partial charge in [0.1, 0.15) is 0 Å². The molecule has 1 heterocycles. The first-order chi connectivity index (χ1) is 9.68. The third kappa shape index (κ3) is 3.89. The summed E-state index contributed by atoms with van der Waals surface area (Å²) in [4.78, 5) is 14.1. The monoisotopic (exact) mass is 299 g/mol. The number of nitrogens with zero attached hydrogens (tertiary/aromatic N) is 1. The number of nitrogens with two attached hydrogens (primary N) is 1. The van der Waals surface area contributed by atoms with Crippen LogP contribution in [-0.2, 0) is 4.79 Å². The molecule has 1 amide bonds. The van der Waals surface area contributed by atoms with Crippen molar-refractivity contribution in [3.8, 4) is 0 Å². The first-order valence-corrected chi connectivity index (χ1v) is 9.19. The average molecular weight is 299 g/mol. The van der Waals surface area contributed by atoms with Gasteiger partial charge in [0.2, 0.25) is 5.91 Å². The Kier molecular flexibility index (Phi) is 6.18. The molecule has 1 aliphatic heterocycles. The van der Waals surface area contributed by atoms with Crippen molar-refractivity contribution < 1.29 is 4.79 Å². The van der Waals surface area contributed by atoms with E-state index in [1.54, 1.807) is 0 Å². The highest BCUT2D eigenvalue weighted by atomic mass is 32.2. The molecule has 2 aliphatic rings. The first kappa shape index (κ1) is 16.1. The van der Waals surface area contributed by atoms with Gasteiger partial charge in [-0.05, 0) is 19.3 Å². The van der Waals surface area contributed by atoms with E-state index in [1.165, 1.54) is 56.7 Å². The minimum atomic E-state index is -0.215. The van der Waals surface area contributed by atoms with Crippen LogP contribution in [0.3, 0.4) is 0 Å². The van der Waals surface area contributed by atoms with Gasteiger partial charge in [-0.2, -0.15) is 11.8 Å². The van der Waals surface area contributed by atoms with Crippen molar-refractivity contribution in [1.29, 1.82) is 0 Å². The molecular formula is C15H29N3OS. The summed E-state index contributed by atoms with van der Waals surface area (Å²) in [7, 11) is 0. The van der Waals surface area contributed by atoms with Gasteiger partial charge >= 0.3 is 0 Å². The van der Waals surface area contributed by atoms with E-state index in [9.17, 15) is 4.79 Å². The van der Waals surface area contributed by atoms with E-state index in [0.29, 0.717) is 0 Å². The summed E-state index contributed by atoms with van der Waals surface area (Å²) in [6, 6.07) is -0.173. The molecule has 5 heteroatoms. The van der Waals surface area contributed by atoms with Gasteiger partial charge in [-0.25, -0.2) is 0 Å². The number of rotatable bonds is 6. The van der Waals surface area contributed by atoms with Crippen LogP contribution >= 0.6 is 11.8 Å². The van der Waals surface area contributed by atoms with Gasteiger partial charge in [-0.15, -0.1) is 0 Å². The highest BCUT2D eigenvalue weighted by Gasteiger charge is 2.38. The van der Waals surface area contributed by atoms with Crippen molar-refractivity contribution in [3.63, 3.8) is 0 Å². The molecule has 1 aliphatic carbocycles. The van der Waals surface area contributed by atoms with E-state index in [2.05, 4.69) is 22.0 Å². The second kappa shape index (κ2) is 7.66. The van der Waals surface area contributed by atoms with Crippen LogP contribution < -0.4 is 11.1 Å². The highest BCUT2D eigenvalue weighted by Crippen LogP contribution is 2.34. The molecule has 0 aromatic carbocycles. The topological polar surface area (TPSA) is 58.4 Å². The summed E-state index contributed by atoms with van der Waals surface area (Å²) >= 11 is 2.06. The molecule has 3 N–H and O–H groups in total. The second-order valence-electron chi connectivity index (χ2n) is 6.13. The number of thioether (sulfide) groups is 1. The summed E-state index contributed by atoms with van der Waals surface area (Å²) in [6.45, 7) is 5.33. The number of hydrogen-bond donors (Lipinski definition) is 2. The van der Waals surface area contributed by atoms with E-state index in [-0.39, 0.29) is 17.5 Å². The summed E-state index contributed by atoms with van der Waals surface area (Å²) in [5.41, 5.74) is 5.73. The fourth-order valence-electron chi connectivity index (χ4n) is 3.61. The molecule has 2 rings (SSSR count). The summed E-state index contributed by atoms with van der Waals surface area (Å²) in [6.07, 6.45) is 7.30. The lowest BCUT2D eigenvalue weighted by Gasteiger charge is -2.48. The number of carbonyl (C=O) groups is 1. The molecule has 0 unspecified atom stereocenters. The van der Waals surface area contributed by atoms with E-state index < -0.39 is 0 Å². The molecule has 0 radical (unpaired) electrons. The minimum absolute atomic E-state index is 0.173. The zero-order chi connectivity index (χ0) is 14.4. The summed E-state index contributed by atoms with van der Waals surface area (Å²) < 4.78 is 0. The Hall–Kier alpha value is -0.260. The lowest BCUT2D eigenvalue weighted by molar-refractivity contribution is -0.120. The largest absolute Gasteiger partial charge is 0.368 e. The van der Waals surface area contributed by atoms with E-state index in [0.717, 1.165) is 13.0 Å². The molecule has 1 saturated carbocycles. The summed E-state index contributed by atoms with van der Waals surface area (Å²) in [5, 5.41) is 3.45. The Morgan fingerprint density at radius 2 is 1.95 bits per heavy atom. The van der Waals surface area contributed by atoms with Crippen molar-refractivity contribution in [2.75, 3.05) is 31.1 Å². The van der Waals surface area contributed by atoms with Gasteiger partial charge < -0.3 is 11.1 Å². The standard InChI is InChI=1S/C15H29N3OS/c1-2-13(14(16)19)17-12-15(6-4-3-5-7-15)18-8-10-20-11-9-18/h13,17H,2-12H2,1H3,(H2,16,19)/t13-/m1/s1. The first-order valence-electron chi connectivity index (χ1n) is 8.03. The van der Waals surface area contributed by atoms with Crippen LogP contribution in [0, 0.1) is 0 Å². The Morgan fingerprint density at radius 3 is 2.50 bits per heavy atom. The Morgan fingerprint density at radius 1 is 1.30 bits per heavy atom. The molecule has 0 spiro atoms. The van der Waals surface area contributed by atoms with Crippen molar-refractivity contribution in [3.05, 3.63) is 0 Å². The maximum absolute atomic E-state index is 11.4. The third-order valence-corrected chi connectivity index (χ3v) is 5.84. The van der Waals surface area contributed by atoms with Crippen LogP contribution in [0.25, 0.3) is 0 Å². The van der Waals surface area contributed by atoms with Gasteiger partial charge in [-0.1, -0.05) is 26.2 Å². The van der Waals surface area contributed by atoms with Crippen LogP contribution in [0.4, 0.5) is 0 Å². The van der Waals surface area contributed by atoms with Crippen LogP contribution in [0.1, 0.15) is 45.4 Å². The van der Waals surface area contributed by atoms with Gasteiger partial charge in [0.25, 0.3) is 0 Å². The van der Waals surface area contributed by atoms with Gasteiger partial charge in [0.05, 0.1) is 6.04 Å².